The molecular weight excluding hydrogens is 240 g/mol. The van der Waals surface area contributed by atoms with Gasteiger partial charge in [0.15, 0.2) is 5.78 Å². The van der Waals surface area contributed by atoms with Crippen LogP contribution in [-0.4, -0.2) is 11.8 Å². The smallest absolute Gasteiger partial charge is 0.308 e. The Bertz CT molecular complexity index is 606. The van der Waals surface area contributed by atoms with Crippen molar-refractivity contribution in [2.45, 2.75) is 27.2 Å². The lowest BCUT2D eigenvalue weighted by molar-refractivity contribution is -0.136. The predicted octanol–water partition coefficient (Wildman–Crippen LogP) is 3.19. The summed E-state index contributed by atoms with van der Waals surface area (Å²) in [5.74, 6) is 0.0116. The molecule has 3 nitrogen and oxygen atoms in total. The number of hydrogen-bond acceptors (Lipinski definition) is 3. The summed E-state index contributed by atoms with van der Waals surface area (Å²) in [4.78, 5) is 23.1. The molecule has 1 aromatic rings. The molecule has 3 heteroatoms. The Kier molecular flexibility index (Phi) is 3.65. The Hall–Kier alpha value is -2.16. The molecule has 2 rings (SSSR count). The van der Waals surface area contributed by atoms with Gasteiger partial charge in [-0.05, 0) is 36.6 Å². The van der Waals surface area contributed by atoms with Crippen LogP contribution < -0.4 is 0 Å². The second-order valence-electron chi connectivity index (χ2n) is 4.72. The average molecular weight is 256 g/mol. The molecule has 0 aromatic heterocycles. The molecule has 0 aliphatic heterocycles. The average Bonchev–Trinajstić information content (AvgIpc) is 2.58. The van der Waals surface area contributed by atoms with Crippen LogP contribution in [0.25, 0.3) is 6.08 Å². The summed E-state index contributed by atoms with van der Waals surface area (Å²) >= 11 is 0. The van der Waals surface area contributed by atoms with Crippen LogP contribution in [0.2, 0.25) is 0 Å². The van der Waals surface area contributed by atoms with Crippen molar-refractivity contribution in [3.05, 3.63) is 52.3 Å². The van der Waals surface area contributed by atoms with Gasteiger partial charge >= 0.3 is 5.97 Å². The minimum Gasteiger partial charge on any atom is -0.426 e. The fourth-order valence-electron chi connectivity index (χ4n) is 2.11. The van der Waals surface area contributed by atoms with Crippen molar-refractivity contribution < 1.29 is 14.3 Å². The zero-order valence-corrected chi connectivity index (χ0v) is 11.3. The Labute approximate surface area is 112 Å². The molecular formula is C16H16O3. The number of hydrogen-bond donors (Lipinski definition) is 0. The first kappa shape index (κ1) is 13.3. The lowest BCUT2D eigenvalue weighted by Crippen LogP contribution is -2.03. The maximum absolute atomic E-state index is 12.0. The van der Waals surface area contributed by atoms with E-state index in [2.05, 4.69) is 0 Å². The van der Waals surface area contributed by atoms with Gasteiger partial charge in [-0.15, -0.1) is 0 Å². The molecule has 0 radical (unpaired) electrons. The van der Waals surface area contributed by atoms with Gasteiger partial charge in [-0.1, -0.05) is 24.3 Å². The maximum Gasteiger partial charge on any atom is 0.308 e. The van der Waals surface area contributed by atoms with E-state index < -0.39 is 5.97 Å². The summed E-state index contributed by atoms with van der Waals surface area (Å²) < 4.78 is 5.17. The third-order valence-electron chi connectivity index (χ3n) is 3.09. The van der Waals surface area contributed by atoms with Crippen molar-refractivity contribution in [3.8, 4) is 0 Å². The summed E-state index contributed by atoms with van der Waals surface area (Å²) in [6, 6.07) is 7.78. The van der Waals surface area contributed by atoms with E-state index >= 15 is 0 Å². The molecule has 0 heterocycles. The van der Waals surface area contributed by atoms with Gasteiger partial charge in [-0.25, -0.2) is 0 Å². The lowest BCUT2D eigenvalue weighted by atomic mass is 10.0. The van der Waals surface area contributed by atoms with Crippen molar-refractivity contribution >= 4 is 17.8 Å². The van der Waals surface area contributed by atoms with Gasteiger partial charge in [0.1, 0.15) is 5.76 Å². The molecule has 0 spiro atoms. The topological polar surface area (TPSA) is 43.4 Å². The van der Waals surface area contributed by atoms with E-state index in [1.165, 1.54) is 6.92 Å². The van der Waals surface area contributed by atoms with E-state index in [-0.39, 0.29) is 5.78 Å². The molecule has 0 saturated carbocycles. The molecule has 1 aromatic carbocycles. The Balaban J connectivity index is 2.45. The first-order chi connectivity index (χ1) is 8.99. The Morgan fingerprint density at radius 2 is 1.95 bits per heavy atom. The third kappa shape index (κ3) is 2.81. The number of esters is 1. The zero-order chi connectivity index (χ0) is 14.0. The summed E-state index contributed by atoms with van der Waals surface area (Å²) in [5.41, 5.74) is 3.33. The van der Waals surface area contributed by atoms with E-state index in [9.17, 15) is 9.59 Å². The summed E-state index contributed by atoms with van der Waals surface area (Å²) in [6.07, 6.45) is 2.12. The highest BCUT2D eigenvalue weighted by atomic mass is 16.5. The predicted molar refractivity (Wildman–Crippen MR) is 73.2 cm³/mol. The molecule has 0 fully saturated rings. The van der Waals surface area contributed by atoms with Gasteiger partial charge in [0.25, 0.3) is 0 Å². The minimum atomic E-state index is -0.403. The normalized spacial score (nSPS) is 17.2. The van der Waals surface area contributed by atoms with Gasteiger partial charge in [-0.3, -0.25) is 9.59 Å². The lowest BCUT2D eigenvalue weighted by Gasteiger charge is -2.06. The summed E-state index contributed by atoms with van der Waals surface area (Å²) in [6.45, 7) is 5.14. The highest BCUT2D eigenvalue weighted by Gasteiger charge is 2.27. The largest absolute Gasteiger partial charge is 0.426 e. The van der Waals surface area contributed by atoms with Gasteiger partial charge in [-0.2, -0.15) is 0 Å². The summed E-state index contributed by atoms with van der Waals surface area (Å²) in [7, 11) is 0. The number of carbonyl (C=O) groups is 2. The number of aryl methyl sites for hydroxylation is 1. The third-order valence-corrected chi connectivity index (χ3v) is 3.09. The van der Waals surface area contributed by atoms with Crippen LogP contribution in [0.5, 0.6) is 0 Å². The fourth-order valence-corrected chi connectivity index (χ4v) is 2.11. The fraction of sp³-hybridized carbons (Fsp3) is 0.250. The van der Waals surface area contributed by atoms with Crippen LogP contribution in [0.3, 0.4) is 0 Å². The number of Topliss-reactive ketones (excluding diaryl/α,β-unsaturated/α-hetero) is 1. The first-order valence-corrected chi connectivity index (χ1v) is 6.18. The zero-order valence-electron chi connectivity index (χ0n) is 11.3. The van der Waals surface area contributed by atoms with Crippen LogP contribution in [0.1, 0.15) is 31.4 Å². The Morgan fingerprint density at radius 1 is 1.26 bits per heavy atom. The number of allylic oxidation sites excluding steroid dienone is 2. The molecule has 0 atom stereocenters. The minimum absolute atomic E-state index is 0.00277. The summed E-state index contributed by atoms with van der Waals surface area (Å²) in [5, 5.41) is 0. The first-order valence-electron chi connectivity index (χ1n) is 6.18. The number of carbonyl (C=O) groups excluding carboxylic acids is 2. The molecule has 0 saturated heterocycles. The van der Waals surface area contributed by atoms with E-state index in [0.29, 0.717) is 17.8 Å². The molecule has 0 N–H and O–H groups in total. The monoisotopic (exact) mass is 256 g/mol. The van der Waals surface area contributed by atoms with Gasteiger partial charge < -0.3 is 4.74 Å². The van der Waals surface area contributed by atoms with Crippen LogP contribution in [-0.2, 0) is 14.3 Å². The number of benzene rings is 1. The van der Waals surface area contributed by atoms with Crippen molar-refractivity contribution in [3.63, 3.8) is 0 Å². The van der Waals surface area contributed by atoms with Crippen molar-refractivity contribution in [2.24, 2.45) is 0 Å². The second-order valence-corrected chi connectivity index (χ2v) is 4.72. The number of rotatable bonds is 2. The van der Waals surface area contributed by atoms with E-state index in [1.807, 2.05) is 38.1 Å². The van der Waals surface area contributed by atoms with Crippen molar-refractivity contribution in [1.82, 2.24) is 0 Å². The number of ether oxygens (including phenoxy) is 1. The molecule has 98 valence electrons. The van der Waals surface area contributed by atoms with Crippen LogP contribution in [0.4, 0.5) is 0 Å². The standard InChI is InChI=1S/C16H16O3/c1-10-6-4-5-7-13(10)9-14-15(18)8-11(2)16(14)19-12(3)17/h4-7,9H,8H2,1-3H3. The van der Waals surface area contributed by atoms with Crippen molar-refractivity contribution in [1.29, 1.82) is 0 Å². The number of ketones is 1. The van der Waals surface area contributed by atoms with E-state index in [1.54, 1.807) is 6.08 Å². The van der Waals surface area contributed by atoms with Crippen molar-refractivity contribution in [2.75, 3.05) is 0 Å². The van der Waals surface area contributed by atoms with Crippen LogP contribution in [0, 0.1) is 6.92 Å². The highest BCUT2D eigenvalue weighted by Crippen LogP contribution is 2.31. The molecule has 1 aliphatic rings. The van der Waals surface area contributed by atoms with Gasteiger partial charge in [0.05, 0.1) is 5.57 Å². The Morgan fingerprint density at radius 3 is 2.58 bits per heavy atom. The highest BCUT2D eigenvalue weighted by molar-refractivity contribution is 6.08. The van der Waals surface area contributed by atoms with Gasteiger partial charge in [0.2, 0.25) is 0 Å². The molecule has 1 aliphatic carbocycles. The SMILES string of the molecule is CC(=O)OC1=C(C)CC(=O)C1=Cc1ccccc1C. The molecule has 0 bridgehead atoms. The maximum atomic E-state index is 12.0. The van der Waals surface area contributed by atoms with E-state index in [4.69, 9.17) is 4.74 Å². The molecule has 19 heavy (non-hydrogen) atoms. The van der Waals surface area contributed by atoms with Crippen LogP contribution in [0.15, 0.2) is 41.2 Å². The second kappa shape index (κ2) is 5.22. The van der Waals surface area contributed by atoms with Crippen LogP contribution >= 0.6 is 0 Å². The molecule has 0 amide bonds. The van der Waals surface area contributed by atoms with Gasteiger partial charge in [0, 0.05) is 13.3 Å². The quantitative estimate of drug-likeness (QED) is 0.603. The van der Waals surface area contributed by atoms with E-state index in [0.717, 1.165) is 16.7 Å². The molecule has 0 unspecified atom stereocenters.